The fourth-order valence-electron chi connectivity index (χ4n) is 1.48. The lowest BCUT2D eigenvalue weighted by atomic mass is 10.2. The summed E-state index contributed by atoms with van der Waals surface area (Å²) in [5.41, 5.74) is 0.788. The molecule has 0 aliphatic carbocycles. The Morgan fingerprint density at radius 3 is 2.74 bits per heavy atom. The highest BCUT2D eigenvalue weighted by atomic mass is 32.2. The third-order valence-corrected chi connectivity index (χ3v) is 3.18. The van der Waals surface area contributed by atoms with Gasteiger partial charge in [-0.1, -0.05) is 17.8 Å². The molecule has 1 heterocycles. The molecule has 0 radical (unpaired) electrons. The highest BCUT2D eigenvalue weighted by molar-refractivity contribution is 7.99. The van der Waals surface area contributed by atoms with Crippen LogP contribution in [-0.4, -0.2) is 30.2 Å². The molecule has 0 aliphatic rings. The lowest BCUT2D eigenvalue weighted by Crippen LogP contribution is -1.90. The van der Waals surface area contributed by atoms with Crippen LogP contribution in [0.3, 0.4) is 0 Å². The Hall–Kier alpha value is -1.95. The first-order valence-corrected chi connectivity index (χ1v) is 6.56. The quantitative estimate of drug-likeness (QED) is 0.598. The van der Waals surface area contributed by atoms with Crippen LogP contribution < -0.4 is 9.47 Å². The first-order chi connectivity index (χ1) is 9.28. The minimum atomic E-state index is 0.451. The standard InChI is InChI=1S/C13H14N2O3S/c1-4-7-19-13-15-14-12(18-13)9-5-6-10(16-2)11(8-9)17-3/h4-6,8H,1,7H2,2-3H3. The molecule has 0 unspecified atom stereocenters. The Labute approximate surface area is 115 Å². The minimum Gasteiger partial charge on any atom is -0.493 e. The topological polar surface area (TPSA) is 57.4 Å². The zero-order valence-corrected chi connectivity index (χ0v) is 11.6. The van der Waals surface area contributed by atoms with Gasteiger partial charge >= 0.3 is 0 Å². The number of nitrogens with zero attached hydrogens (tertiary/aromatic N) is 2. The van der Waals surface area contributed by atoms with E-state index in [9.17, 15) is 0 Å². The van der Waals surface area contributed by atoms with Crippen LogP contribution in [0.2, 0.25) is 0 Å². The molecule has 5 nitrogen and oxygen atoms in total. The average molecular weight is 278 g/mol. The normalized spacial score (nSPS) is 10.2. The van der Waals surface area contributed by atoms with E-state index >= 15 is 0 Å². The van der Waals surface area contributed by atoms with Crippen LogP contribution in [0, 0.1) is 0 Å². The van der Waals surface area contributed by atoms with Gasteiger partial charge in [0.1, 0.15) is 0 Å². The van der Waals surface area contributed by atoms with Gasteiger partial charge in [-0.25, -0.2) is 0 Å². The molecule has 19 heavy (non-hydrogen) atoms. The molecule has 1 aromatic heterocycles. The van der Waals surface area contributed by atoms with E-state index in [-0.39, 0.29) is 0 Å². The van der Waals surface area contributed by atoms with Crippen molar-refractivity contribution < 1.29 is 13.9 Å². The minimum absolute atomic E-state index is 0.451. The van der Waals surface area contributed by atoms with Gasteiger partial charge in [0.05, 0.1) is 14.2 Å². The number of hydrogen-bond donors (Lipinski definition) is 0. The van der Waals surface area contributed by atoms with Gasteiger partial charge in [0.25, 0.3) is 5.22 Å². The van der Waals surface area contributed by atoms with Crippen molar-refractivity contribution in [2.75, 3.05) is 20.0 Å². The van der Waals surface area contributed by atoms with Crippen molar-refractivity contribution in [2.24, 2.45) is 0 Å². The van der Waals surface area contributed by atoms with Gasteiger partial charge in [0.2, 0.25) is 5.89 Å². The van der Waals surface area contributed by atoms with Crippen molar-refractivity contribution in [3.8, 4) is 23.0 Å². The number of rotatable bonds is 6. The van der Waals surface area contributed by atoms with Crippen molar-refractivity contribution in [1.29, 1.82) is 0 Å². The first kappa shape index (κ1) is 13.5. The Balaban J connectivity index is 2.26. The number of benzene rings is 1. The van der Waals surface area contributed by atoms with Gasteiger partial charge in [0.15, 0.2) is 11.5 Å². The van der Waals surface area contributed by atoms with E-state index in [0.29, 0.717) is 22.6 Å². The zero-order valence-electron chi connectivity index (χ0n) is 10.8. The maximum absolute atomic E-state index is 5.54. The third-order valence-electron chi connectivity index (χ3n) is 2.36. The van der Waals surface area contributed by atoms with Crippen LogP contribution >= 0.6 is 11.8 Å². The summed E-state index contributed by atoms with van der Waals surface area (Å²) in [7, 11) is 3.18. The molecule has 6 heteroatoms. The van der Waals surface area contributed by atoms with Crippen LogP contribution in [0.15, 0.2) is 40.5 Å². The van der Waals surface area contributed by atoms with E-state index in [2.05, 4.69) is 16.8 Å². The molecule has 2 rings (SSSR count). The summed E-state index contributed by atoms with van der Waals surface area (Å²) in [5, 5.41) is 8.47. The summed E-state index contributed by atoms with van der Waals surface area (Å²) in [6.45, 7) is 3.64. The molecule has 2 aromatic rings. The summed E-state index contributed by atoms with van der Waals surface area (Å²) < 4.78 is 16.0. The Kier molecular flexibility index (Phi) is 4.46. The molecule has 0 amide bonds. The molecule has 1 aromatic carbocycles. The molecule has 0 atom stereocenters. The van der Waals surface area contributed by atoms with Crippen molar-refractivity contribution in [3.05, 3.63) is 30.9 Å². The fourth-order valence-corrected chi connectivity index (χ4v) is 1.98. The molecule has 0 saturated heterocycles. The number of aromatic nitrogens is 2. The Bertz CT molecular complexity index is 569. The molecule has 0 N–H and O–H groups in total. The number of thioether (sulfide) groups is 1. The smallest absolute Gasteiger partial charge is 0.277 e. The summed E-state index contributed by atoms with van der Waals surface area (Å²) in [5.74, 6) is 2.46. The monoisotopic (exact) mass is 278 g/mol. The van der Waals surface area contributed by atoms with Gasteiger partial charge < -0.3 is 13.9 Å². The van der Waals surface area contributed by atoms with Crippen LogP contribution in [0.25, 0.3) is 11.5 Å². The highest BCUT2D eigenvalue weighted by Gasteiger charge is 2.12. The molecule has 0 spiro atoms. The summed E-state index contributed by atoms with van der Waals surface area (Å²) in [4.78, 5) is 0. The average Bonchev–Trinajstić information content (AvgIpc) is 2.93. The number of methoxy groups -OCH3 is 2. The van der Waals surface area contributed by atoms with Crippen LogP contribution in [0.4, 0.5) is 0 Å². The van der Waals surface area contributed by atoms with Crippen LogP contribution in [0.1, 0.15) is 0 Å². The van der Waals surface area contributed by atoms with E-state index in [1.807, 2.05) is 6.07 Å². The Morgan fingerprint density at radius 2 is 2.05 bits per heavy atom. The van der Waals surface area contributed by atoms with E-state index in [1.165, 1.54) is 11.8 Å². The van der Waals surface area contributed by atoms with Gasteiger partial charge in [-0.15, -0.1) is 16.8 Å². The van der Waals surface area contributed by atoms with E-state index in [0.717, 1.165) is 11.3 Å². The van der Waals surface area contributed by atoms with E-state index < -0.39 is 0 Å². The number of hydrogen-bond acceptors (Lipinski definition) is 6. The molecule has 0 saturated carbocycles. The summed E-state index contributed by atoms with van der Waals surface area (Å²) >= 11 is 1.44. The van der Waals surface area contributed by atoms with Crippen LogP contribution in [0.5, 0.6) is 11.5 Å². The van der Waals surface area contributed by atoms with Crippen LogP contribution in [-0.2, 0) is 0 Å². The van der Waals surface area contributed by atoms with Gasteiger partial charge in [-0.05, 0) is 18.2 Å². The van der Waals surface area contributed by atoms with Crippen molar-refractivity contribution >= 4 is 11.8 Å². The lowest BCUT2D eigenvalue weighted by Gasteiger charge is -2.07. The third kappa shape index (κ3) is 3.08. The second-order valence-corrected chi connectivity index (χ2v) is 4.51. The van der Waals surface area contributed by atoms with Crippen molar-refractivity contribution in [2.45, 2.75) is 5.22 Å². The molecule has 0 bridgehead atoms. The highest BCUT2D eigenvalue weighted by Crippen LogP contribution is 2.32. The first-order valence-electron chi connectivity index (χ1n) is 5.58. The molecular weight excluding hydrogens is 264 g/mol. The molecular formula is C13H14N2O3S. The van der Waals surface area contributed by atoms with Crippen molar-refractivity contribution in [1.82, 2.24) is 10.2 Å². The predicted molar refractivity (Wildman–Crippen MR) is 73.8 cm³/mol. The summed E-state index contributed by atoms with van der Waals surface area (Å²) in [6, 6.07) is 5.44. The number of ether oxygens (including phenoxy) is 2. The SMILES string of the molecule is C=CCSc1nnc(-c2ccc(OC)c(OC)c2)o1. The summed E-state index contributed by atoms with van der Waals surface area (Å²) in [6.07, 6.45) is 1.78. The second-order valence-electron chi connectivity index (χ2n) is 3.54. The molecule has 0 fully saturated rings. The fraction of sp³-hybridized carbons (Fsp3) is 0.231. The van der Waals surface area contributed by atoms with E-state index in [1.54, 1.807) is 32.4 Å². The Morgan fingerprint density at radius 1 is 1.26 bits per heavy atom. The zero-order chi connectivity index (χ0) is 13.7. The lowest BCUT2D eigenvalue weighted by molar-refractivity contribution is 0.355. The maximum atomic E-state index is 5.54. The predicted octanol–water partition coefficient (Wildman–Crippen LogP) is 3.03. The second kappa shape index (κ2) is 6.29. The van der Waals surface area contributed by atoms with Gasteiger partial charge in [-0.2, -0.15) is 0 Å². The van der Waals surface area contributed by atoms with Crippen molar-refractivity contribution in [3.63, 3.8) is 0 Å². The molecule has 100 valence electrons. The largest absolute Gasteiger partial charge is 0.493 e. The maximum Gasteiger partial charge on any atom is 0.277 e. The van der Waals surface area contributed by atoms with Gasteiger partial charge in [0, 0.05) is 11.3 Å². The van der Waals surface area contributed by atoms with E-state index in [4.69, 9.17) is 13.9 Å². The molecule has 0 aliphatic heterocycles. The van der Waals surface area contributed by atoms with Gasteiger partial charge in [-0.3, -0.25) is 0 Å².